The van der Waals surface area contributed by atoms with Crippen molar-refractivity contribution in [3.05, 3.63) is 59.9 Å². The molecule has 0 aromatic heterocycles. The van der Waals surface area contributed by atoms with Crippen molar-refractivity contribution in [2.75, 3.05) is 13.7 Å². The Morgan fingerprint density at radius 3 is 2.38 bits per heavy atom. The number of carbonyl (C=O) groups is 2. The number of amides is 2. The van der Waals surface area contributed by atoms with E-state index < -0.39 is 6.04 Å². The molecule has 1 N–H and O–H groups in total. The van der Waals surface area contributed by atoms with Gasteiger partial charge in [-0.1, -0.05) is 43.5 Å². The fraction of sp³-hybridized carbons (Fsp3) is 0.440. The predicted molar refractivity (Wildman–Crippen MR) is 120 cm³/mol. The number of nitrogens with one attached hydrogen (secondary N) is 1. The molecule has 1 saturated carbocycles. The number of para-hydroxylation sites is 2. The third-order valence-corrected chi connectivity index (χ3v) is 5.81. The molecular formula is C25H31FN2O4. The lowest BCUT2D eigenvalue weighted by molar-refractivity contribution is -0.142. The monoisotopic (exact) mass is 442 g/mol. The molecule has 172 valence electrons. The van der Waals surface area contributed by atoms with Gasteiger partial charge in [-0.3, -0.25) is 9.59 Å². The summed E-state index contributed by atoms with van der Waals surface area (Å²) in [6.07, 6.45) is 5.31. The molecular weight excluding hydrogens is 411 g/mol. The summed E-state index contributed by atoms with van der Waals surface area (Å²) in [6.45, 7) is 1.64. The highest BCUT2D eigenvalue weighted by molar-refractivity contribution is 5.88. The first kappa shape index (κ1) is 23.6. The zero-order valence-corrected chi connectivity index (χ0v) is 18.7. The molecule has 7 heteroatoms. The van der Waals surface area contributed by atoms with Gasteiger partial charge in [0.2, 0.25) is 5.91 Å². The van der Waals surface area contributed by atoms with E-state index in [9.17, 15) is 14.0 Å². The molecule has 1 fully saturated rings. The van der Waals surface area contributed by atoms with Crippen LogP contribution < -0.4 is 14.8 Å². The summed E-state index contributed by atoms with van der Waals surface area (Å²) < 4.78 is 24.3. The minimum Gasteiger partial charge on any atom is -0.493 e. The van der Waals surface area contributed by atoms with E-state index in [1.165, 1.54) is 30.6 Å². The molecule has 0 saturated heterocycles. The van der Waals surface area contributed by atoms with E-state index in [-0.39, 0.29) is 36.8 Å². The van der Waals surface area contributed by atoms with Crippen molar-refractivity contribution >= 4 is 11.8 Å². The standard InChI is InChI=1S/C25H31FN2O4/c1-18(25(30)27-21-8-4-3-5-9-21)28(16-19-12-14-20(26)15-13-19)24(29)17-32-23-11-7-6-10-22(23)31-2/h6-7,10-15,18,21H,3-5,8-9,16-17H2,1-2H3,(H,27,30)/t18-/m0/s1. The first-order valence-corrected chi connectivity index (χ1v) is 11.1. The van der Waals surface area contributed by atoms with Crippen LogP contribution in [0.5, 0.6) is 11.5 Å². The third kappa shape index (κ3) is 6.45. The van der Waals surface area contributed by atoms with E-state index in [4.69, 9.17) is 9.47 Å². The Labute approximate surface area is 188 Å². The minimum absolute atomic E-state index is 0.145. The maximum atomic E-state index is 13.3. The van der Waals surface area contributed by atoms with Gasteiger partial charge in [0.05, 0.1) is 7.11 Å². The normalized spacial score (nSPS) is 15.0. The molecule has 6 nitrogen and oxygen atoms in total. The molecule has 32 heavy (non-hydrogen) atoms. The summed E-state index contributed by atoms with van der Waals surface area (Å²) in [6, 6.07) is 12.4. The summed E-state index contributed by atoms with van der Waals surface area (Å²) in [7, 11) is 1.53. The minimum atomic E-state index is -0.698. The number of carbonyl (C=O) groups excluding carboxylic acids is 2. The highest BCUT2D eigenvalue weighted by atomic mass is 19.1. The first-order valence-electron chi connectivity index (χ1n) is 11.1. The van der Waals surface area contributed by atoms with Crippen molar-refractivity contribution in [3.63, 3.8) is 0 Å². The predicted octanol–water partition coefficient (Wildman–Crippen LogP) is 4.08. The molecule has 0 radical (unpaired) electrons. The number of methoxy groups -OCH3 is 1. The topological polar surface area (TPSA) is 67.9 Å². The summed E-state index contributed by atoms with van der Waals surface area (Å²) in [4.78, 5) is 27.6. The van der Waals surface area contributed by atoms with E-state index in [1.54, 1.807) is 37.3 Å². The van der Waals surface area contributed by atoms with E-state index in [0.717, 1.165) is 31.2 Å². The lowest BCUT2D eigenvalue weighted by Crippen LogP contribution is -2.51. The molecule has 0 aliphatic heterocycles. The van der Waals surface area contributed by atoms with Gasteiger partial charge in [-0.25, -0.2) is 4.39 Å². The Morgan fingerprint density at radius 1 is 1.06 bits per heavy atom. The number of ether oxygens (including phenoxy) is 2. The van der Waals surface area contributed by atoms with Crippen LogP contribution in [0.25, 0.3) is 0 Å². The number of rotatable bonds is 9. The lowest BCUT2D eigenvalue weighted by Gasteiger charge is -2.31. The molecule has 0 bridgehead atoms. The van der Waals surface area contributed by atoms with E-state index in [1.807, 2.05) is 6.07 Å². The van der Waals surface area contributed by atoms with Crippen molar-refractivity contribution in [1.29, 1.82) is 0 Å². The molecule has 0 unspecified atom stereocenters. The van der Waals surface area contributed by atoms with Crippen LogP contribution in [0, 0.1) is 5.82 Å². The molecule has 0 heterocycles. The van der Waals surface area contributed by atoms with Gasteiger partial charge in [-0.15, -0.1) is 0 Å². The van der Waals surface area contributed by atoms with Gasteiger partial charge in [0.15, 0.2) is 18.1 Å². The molecule has 3 rings (SSSR count). The second-order valence-corrected chi connectivity index (χ2v) is 8.11. The fourth-order valence-electron chi connectivity index (χ4n) is 3.90. The van der Waals surface area contributed by atoms with Crippen LogP contribution in [0.3, 0.4) is 0 Å². The molecule has 1 atom stereocenters. The zero-order valence-electron chi connectivity index (χ0n) is 18.7. The number of nitrogens with zero attached hydrogens (tertiary/aromatic N) is 1. The summed E-state index contributed by atoms with van der Waals surface area (Å²) in [5, 5.41) is 3.09. The average Bonchev–Trinajstić information content (AvgIpc) is 2.82. The van der Waals surface area contributed by atoms with Gasteiger partial charge in [0.1, 0.15) is 11.9 Å². The molecule has 2 aromatic carbocycles. The van der Waals surface area contributed by atoms with E-state index in [0.29, 0.717) is 11.5 Å². The molecule has 0 spiro atoms. The van der Waals surface area contributed by atoms with Gasteiger partial charge >= 0.3 is 0 Å². The van der Waals surface area contributed by atoms with E-state index >= 15 is 0 Å². The number of halogens is 1. The van der Waals surface area contributed by atoms with Crippen LogP contribution in [-0.2, 0) is 16.1 Å². The Balaban J connectivity index is 1.71. The molecule has 1 aliphatic rings. The van der Waals surface area contributed by atoms with Gasteiger partial charge in [0, 0.05) is 12.6 Å². The largest absolute Gasteiger partial charge is 0.493 e. The number of hydrogen-bond donors (Lipinski definition) is 1. The second-order valence-electron chi connectivity index (χ2n) is 8.11. The molecule has 1 aliphatic carbocycles. The SMILES string of the molecule is COc1ccccc1OCC(=O)N(Cc1ccc(F)cc1)[C@@H](C)C(=O)NC1CCCCC1. The maximum Gasteiger partial charge on any atom is 0.261 e. The van der Waals surface area contributed by atoms with Crippen LogP contribution in [0.15, 0.2) is 48.5 Å². The van der Waals surface area contributed by atoms with Crippen LogP contribution in [0.4, 0.5) is 4.39 Å². The lowest BCUT2D eigenvalue weighted by atomic mass is 9.95. The van der Waals surface area contributed by atoms with Crippen LogP contribution in [0.2, 0.25) is 0 Å². The third-order valence-electron chi connectivity index (χ3n) is 5.81. The van der Waals surface area contributed by atoms with Crippen LogP contribution >= 0.6 is 0 Å². The zero-order chi connectivity index (χ0) is 22.9. The quantitative estimate of drug-likeness (QED) is 0.636. The molecule has 2 amide bonds. The van der Waals surface area contributed by atoms with Crippen molar-refractivity contribution in [3.8, 4) is 11.5 Å². The summed E-state index contributed by atoms with van der Waals surface area (Å²) >= 11 is 0. The van der Waals surface area contributed by atoms with Crippen molar-refractivity contribution < 1.29 is 23.5 Å². The fourth-order valence-corrected chi connectivity index (χ4v) is 3.90. The average molecular weight is 443 g/mol. The van der Waals surface area contributed by atoms with Crippen molar-refractivity contribution in [2.45, 2.75) is 57.7 Å². The van der Waals surface area contributed by atoms with Gasteiger partial charge in [0.25, 0.3) is 5.91 Å². The smallest absolute Gasteiger partial charge is 0.261 e. The van der Waals surface area contributed by atoms with E-state index in [2.05, 4.69) is 5.32 Å². The summed E-state index contributed by atoms with van der Waals surface area (Å²) in [5.74, 6) is 0.0864. The highest BCUT2D eigenvalue weighted by Gasteiger charge is 2.28. The highest BCUT2D eigenvalue weighted by Crippen LogP contribution is 2.26. The Hall–Kier alpha value is -3.09. The molecule has 2 aromatic rings. The Bertz CT molecular complexity index is 897. The first-order chi connectivity index (χ1) is 15.5. The maximum absolute atomic E-state index is 13.3. The van der Waals surface area contributed by atoms with Gasteiger partial charge in [-0.2, -0.15) is 0 Å². The number of benzene rings is 2. The number of hydrogen-bond acceptors (Lipinski definition) is 4. The second kappa shape index (κ2) is 11.5. The van der Waals surface area contributed by atoms with Crippen molar-refractivity contribution in [2.24, 2.45) is 0 Å². The van der Waals surface area contributed by atoms with Crippen molar-refractivity contribution in [1.82, 2.24) is 10.2 Å². The van der Waals surface area contributed by atoms with Gasteiger partial charge in [-0.05, 0) is 49.6 Å². The van der Waals surface area contributed by atoms with Gasteiger partial charge < -0.3 is 19.7 Å². The Kier molecular flexibility index (Phi) is 8.48. The van der Waals surface area contributed by atoms with Crippen LogP contribution in [0.1, 0.15) is 44.6 Å². The summed E-state index contributed by atoms with van der Waals surface area (Å²) in [5.41, 5.74) is 0.731. The van der Waals surface area contributed by atoms with Crippen LogP contribution in [-0.4, -0.2) is 42.5 Å². The Morgan fingerprint density at radius 2 is 1.72 bits per heavy atom.